The number of aryl methyl sites for hydroxylation is 1. The Kier molecular flexibility index (Phi) is 14.3. The van der Waals surface area contributed by atoms with Crippen molar-refractivity contribution in [3.8, 4) is 0 Å². The lowest BCUT2D eigenvalue weighted by atomic mass is 9.73. The number of aliphatic hydroxyl groups excluding tert-OH is 1. The molecule has 3 aliphatic rings. The molecule has 0 radical (unpaired) electrons. The summed E-state index contributed by atoms with van der Waals surface area (Å²) in [6.45, 7) is 17.4. The Hall–Kier alpha value is -3.50. The molecular weight excluding hydrogens is 781 g/mol. The first-order valence-corrected chi connectivity index (χ1v) is 21.5. The van der Waals surface area contributed by atoms with E-state index in [1.54, 1.807) is 47.6 Å². The molecule has 60 heavy (non-hydrogen) atoms. The normalized spacial score (nSPS) is 38.5. The third-order valence-corrected chi connectivity index (χ3v) is 13.7. The summed E-state index contributed by atoms with van der Waals surface area (Å²) < 4.78 is 63.9. The first-order chi connectivity index (χ1) is 28.0. The largest absolute Gasteiger partial charge is 0.455 e. The van der Waals surface area contributed by atoms with Gasteiger partial charge in [0.2, 0.25) is 0 Å². The molecule has 1 aromatic carbocycles. The molecule has 4 heterocycles. The molecule has 13 nitrogen and oxygen atoms in total. The van der Waals surface area contributed by atoms with Gasteiger partial charge in [0.05, 0.1) is 23.9 Å². The highest BCUT2D eigenvalue weighted by atomic mass is 19.1. The number of alkyl halides is 1. The first kappa shape index (κ1) is 47.5. The number of unbranched alkanes of at least 4 members (excludes halogenated alkanes) is 1. The van der Waals surface area contributed by atoms with Gasteiger partial charge in [-0.05, 0) is 105 Å². The van der Waals surface area contributed by atoms with Gasteiger partial charge < -0.3 is 43.2 Å². The third-order valence-electron chi connectivity index (χ3n) is 13.7. The second-order valence-electron chi connectivity index (χ2n) is 18.2. The van der Waals surface area contributed by atoms with Gasteiger partial charge in [-0.1, -0.05) is 34.6 Å². The number of nitrogens with zero attached hydrogens (tertiary/aromatic N) is 3. The Balaban J connectivity index is 1.51. The zero-order valence-corrected chi connectivity index (χ0v) is 37.5. The predicted octanol–water partition coefficient (Wildman–Crippen LogP) is 6.64. The lowest BCUT2D eigenvalue weighted by Crippen LogP contribution is -2.65. The van der Waals surface area contributed by atoms with Crippen LogP contribution in [0.3, 0.4) is 0 Å². The molecule has 1 amide bonds. The summed E-state index contributed by atoms with van der Waals surface area (Å²) in [4.78, 5) is 60.5. The number of cyclic esters (lactones) is 1. The number of amides is 1. The summed E-state index contributed by atoms with van der Waals surface area (Å²) in [6, 6.07) is 5.11. The number of fused-ring (bicyclic) bond motifs is 2. The minimum atomic E-state index is -3.20. The number of benzene rings is 1. The number of Topliss-reactive ketones (excluding diaryl/α,β-unsaturated/α-hetero) is 2. The van der Waals surface area contributed by atoms with Crippen molar-refractivity contribution in [1.82, 2.24) is 14.4 Å². The van der Waals surface area contributed by atoms with Crippen molar-refractivity contribution >= 4 is 34.5 Å². The summed E-state index contributed by atoms with van der Waals surface area (Å²) in [5.41, 5.74) is -5.42. The highest BCUT2D eigenvalue weighted by Gasteiger charge is 2.62. The van der Waals surface area contributed by atoms with Crippen LogP contribution >= 0.6 is 0 Å². The van der Waals surface area contributed by atoms with Gasteiger partial charge in [0.15, 0.2) is 17.2 Å². The number of carbonyl (C=O) groups excluding carboxylic acids is 4. The van der Waals surface area contributed by atoms with Crippen LogP contribution in [0.2, 0.25) is 0 Å². The van der Waals surface area contributed by atoms with E-state index in [0.29, 0.717) is 32.4 Å². The molecule has 1 N–H and O–H groups in total. The van der Waals surface area contributed by atoms with E-state index in [4.69, 9.17) is 23.7 Å². The van der Waals surface area contributed by atoms with Crippen LogP contribution < -0.4 is 0 Å². The van der Waals surface area contributed by atoms with Crippen LogP contribution in [0.1, 0.15) is 101 Å². The second-order valence-corrected chi connectivity index (χ2v) is 18.2. The molecule has 1 aromatic heterocycles. The van der Waals surface area contributed by atoms with Gasteiger partial charge >= 0.3 is 12.1 Å². The van der Waals surface area contributed by atoms with E-state index >= 15 is 4.39 Å². The fourth-order valence-electron chi connectivity index (χ4n) is 10.1. The smallest absolute Gasteiger partial charge is 0.410 e. The molecule has 15 heteroatoms. The second kappa shape index (κ2) is 18.1. The van der Waals surface area contributed by atoms with E-state index in [1.807, 2.05) is 42.6 Å². The molecule has 5 rings (SSSR count). The average Bonchev–Trinajstić information content (AvgIpc) is 3.72. The van der Waals surface area contributed by atoms with Crippen molar-refractivity contribution < 1.29 is 56.7 Å². The number of halogens is 2. The molecule has 0 saturated carbocycles. The summed E-state index contributed by atoms with van der Waals surface area (Å²) in [5, 5.41) is 12.6. The zero-order valence-electron chi connectivity index (χ0n) is 37.5. The van der Waals surface area contributed by atoms with E-state index in [1.165, 1.54) is 31.1 Å². The van der Waals surface area contributed by atoms with Gasteiger partial charge in [-0.3, -0.25) is 9.59 Å². The van der Waals surface area contributed by atoms with Crippen LogP contribution in [0.15, 0.2) is 30.5 Å². The van der Waals surface area contributed by atoms with E-state index in [-0.39, 0.29) is 43.1 Å². The van der Waals surface area contributed by atoms with Crippen molar-refractivity contribution in [2.24, 2.45) is 17.8 Å². The summed E-state index contributed by atoms with van der Waals surface area (Å²) in [6.07, 6.45) is -1.32. The Bertz CT molecular complexity index is 1890. The number of methoxy groups -OCH3 is 1. The highest BCUT2D eigenvalue weighted by molar-refractivity contribution is 6.08. The number of ether oxygens (including phenoxy) is 5. The van der Waals surface area contributed by atoms with Gasteiger partial charge in [-0.15, -0.1) is 0 Å². The van der Waals surface area contributed by atoms with Gasteiger partial charge in [0, 0.05) is 61.1 Å². The zero-order chi connectivity index (χ0) is 44.7. The fourth-order valence-corrected chi connectivity index (χ4v) is 10.1. The Morgan fingerprint density at radius 2 is 1.65 bits per heavy atom. The van der Waals surface area contributed by atoms with Crippen LogP contribution in [0.5, 0.6) is 0 Å². The first-order valence-electron chi connectivity index (χ1n) is 21.5. The molecule has 3 saturated heterocycles. The van der Waals surface area contributed by atoms with E-state index in [2.05, 4.69) is 0 Å². The van der Waals surface area contributed by atoms with E-state index < -0.39 is 82.6 Å². The summed E-state index contributed by atoms with van der Waals surface area (Å²) in [5.74, 6) is -7.94. The summed E-state index contributed by atoms with van der Waals surface area (Å²) in [7, 11) is 3.28. The summed E-state index contributed by atoms with van der Waals surface area (Å²) >= 11 is 0. The average molecular weight is 848 g/mol. The molecule has 2 aromatic rings. The highest BCUT2D eigenvalue weighted by Crippen LogP contribution is 2.45. The van der Waals surface area contributed by atoms with Crippen LogP contribution in [-0.2, 0) is 44.6 Å². The maximum atomic E-state index is 17.0. The number of ketones is 2. The van der Waals surface area contributed by atoms with Crippen LogP contribution in [-0.4, -0.2) is 130 Å². The molecule has 13 atom stereocenters. The molecule has 0 spiro atoms. The minimum absolute atomic E-state index is 0.0212. The van der Waals surface area contributed by atoms with Crippen molar-refractivity contribution in [2.75, 3.05) is 27.2 Å². The molecule has 3 fully saturated rings. The molecular formula is C45H67F2N3O10. The van der Waals surface area contributed by atoms with Crippen molar-refractivity contribution in [3.63, 3.8) is 0 Å². The van der Waals surface area contributed by atoms with Crippen LogP contribution in [0, 0.1) is 23.6 Å². The van der Waals surface area contributed by atoms with Crippen molar-refractivity contribution in [1.29, 1.82) is 0 Å². The number of carbonyl (C=O) groups is 4. The molecule has 336 valence electrons. The van der Waals surface area contributed by atoms with E-state index in [0.717, 1.165) is 17.8 Å². The van der Waals surface area contributed by atoms with Crippen molar-refractivity contribution in [2.45, 2.75) is 167 Å². The Morgan fingerprint density at radius 1 is 0.983 bits per heavy atom. The fraction of sp³-hybridized carbons (Fsp3) is 0.733. The van der Waals surface area contributed by atoms with Gasteiger partial charge in [0.25, 0.3) is 5.67 Å². The molecule has 0 aliphatic carbocycles. The quantitative estimate of drug-likeness (QED) is 0.148. The topological polar surface area (TPSA) is 146 Å². The van der Waals surface area contributed by atoms with Crippen LogP contribution in [0.25, 0.3) is 10.9 Å². The maximum absolute atomic E-state index is 17.0. The number of likely N-dealkylation sites (N-methyl/N-ethyl adjacent to an activating group) is 1. The van der Waals surface area contributed by atoms with Crippen LogP contribution in [0.4, 0.5) is 13.6 Å². The molecule has 0 bridgehead atoms. The number of hydrogen-bond acceptors (Lipinski definition) is 11. The maximum Gasteiger partial charge on any atom is 0.410 e. The minimum Gasteiger partial charge on any atom is -0.455 e. The number of hydrogen-bond donors (Lipinski definition) is 1. The van der Waals surface area contributed by atoms with E-state index in [9.17, 15) is 28.7 Å². The predicted molar refractivity (Wildman–Crippen MR) is 220 cm³/mol. The number of rotatable bonds is 11. The number of esters is 1. The van der Waals surface area contributed by atoms with Gasteiger partial charge in [-0.2, -0.15) is 0 Å². The Labute approximate surface area is 353 Å². The van der Waals surface area contributed by atoms with Crippen molar-refractivity contribution in [3.05, 3.63) is 36.3 Å². The lowest BCUT2D eigenvalue weighted by Gasteiger charge is -2.52. The number of aromatic nitrogens is 1. The standard InChI is InChI=1S/C45H67F2N3O10/c1-13-34-44(9)36(50(41(55)60-44)21-16-15-20-49-22-19-30-24-31(46)17-18-32(30)49)28(5)35(51)26(3)25-42(7,56-12)39(29(6)37(52)43(8,47)40(54)57-34)59-45(10)38(53)33(48(11)14-2)23-27(4)58-45/h17-19,22,24,26-29,33-34,36,38-39,53H,13-16,20-21,23,25H2,1-12H3/t26-,27-,28+,29+,33+,34-,36-,38-,39-,42-,43+,44-,45+/m1/s1. The molecule has 3 aliphatic heterocycles. The van der Waals surface area contributed by atoms with Gasteiger partial charge in [0.1, 0.15) is 23.8 Å². The molecule has 0 unspecified atom stereocenters. The monoisotopic (exact) mass is 847 g/mol. The SMILES string of the molecule is CC[C@H]1OC(=O)[C@@](C)(F)C(=O)[C@H](C)[C@@H](O[C@]2(C)O[C@H](C)C[C@H](N(C)CC)[C@H]2O)[C@](C)(OC)C[C@@H](C)C(=O)[C@H](C)[C@H]2N(CCCCn3ccc4cc(F)ccc43)C(=O)O[C@]12C. The van der Waals surface area contributed by atoms with Gasteiger partial charge in [-0.25, -0.2) is 18.4 Å². The number of aliphatic hydroxyl groups is 1. The lowest BCUT2D eigenvalue weighted by molar-refractivity contribution is -0.354. The third kappa shape index (κ3) is 8.89. The Morgan fingerprint density at radius 3 is 2.28 bits per heavy atom.